The number of aryl methyl sites for hydroxylation is 1. The molecule has 0 aliphatic heterocycles. The van der Waals surface area contributed by atoms with Crippen LogP contribution in [0, 0.1) is 6.92 Å². The molecule has 1 aliphatic carbocycles. The lowest BCUT2D eigenvalue weighted by Gasteiger charge is -2.22. The molecular weight excluding hydrogens is 336 g/mol. The molecule has 0 aromatic heterocycles. The predicted octanol–water partition coefficient (Wildman–Crippen LogP) is 7.64. The van der Waals surface area contributed by atoms with E-state index in [4.69, 9.17) is 0 Å². The fraction of sp³-hybridized carbons (Fsp3) is 0.143. The highest BCUT2D eigenvalue weighted by Crippen LogP contribution is 2.49. The van der Waals surface area contributed by atoms with E-state index < -0.39 is 0 Å². The molecule has 0 atom stereocenters. The number of hydrogen-bond acceptors (Lipinski definition) is 0. The Morgan fingerprint density at radius 1 is 0.500 bits per heavy atom. The number of hydrogen-bond donors (Lipinski definition) is 0. The van der Waals surface area contributed by atoms with E-state index in [2.05, 4.69) is 112 Å². The van der Waals surface area contributed by atoms with Gasteiger partial charge >= 0.3 is 0 Å². The van der Waals surface area contributed by atoms with Crippen LogP contribution in [0.3, 0.4) is 0 Å². The quantitative estimate of drug-likeness (QED) is 0.344. The molecule has 0 saturated carbocycles. The van der Waals surface area contributed by atoms with Gasteiger partial charge in [0.25, 0.3) is 0 Å². The van der Waals surface area contributed by atoms with Crippen molar-refractivity contribution in [1.29, 1.82) is 0 Å². The lowest BCUT2D eigenvalue weighted by molar-refractivity contribution is 0.660. The second-order valence-electron chi connectivity index (χ2n) is 8.37. The minimum atomic E-state index is 0.0454. The van der Waals surface area contributed by atoms with Crippen LogP contribution in [-0.4, -0.2) is 0 Å². The van der Waals surface area contributed by atoms with Crippen LogP contribution in [0.25, 0.3) is 33.4 Å². The Balaban J connectivity index is 1.54. The third-order valence-electron chi connectivity index (χ3n) is 6.19. The lowest BCUT2D eigenvalue weighted by Crippen LogP contribution is -2.14. The monoisotopic (exact) mass is 360 g/mol. The Morgan fingerprint density at radius 2 is 1.00 bits per heavy atom. The molecule has 0 nitrogen and oxygen atoms in total. The topological polar surface area (TPSA) is 0 Å². The van der Waals surface area contributed by atoms with E-state index >= 15 is 0 Å². The summed E-state index contributed by atoms with van der Waals surface area (Å²) in [6.45, 7) is 6.80. The van der Waals surface area contributed by atoms with Crippen molar-refractivity contribution in [2.75, 3.05) is 0 Å². The van der Waals surface area contributed by atoms with Crippen molar-refractivity contribution in [3.05, 3.63) is 108 Å². The molecule has 0 heteroatoms. The van der Waals surface area contributed by atoms with Crippen LogP contribution in [0.1, 0.15) is 30.5 Å². The molecule has 0 fully saturated rings. The molecule has 0 saturated heterocycles. The molecule has 0 radical (unpaired) electrons. The van der Waals surface area contributed by atoms with Crippen molar-refractivity contribution in [3.8, 4) is 33.4 Å². The first kappa shape index (κ1) is 17.0. The molecule has 136 valence electrons. The van der Waals surface area contributed by atoms with E-state index in [-0.39, 0.29) is 5.41 Å². The first-order valence-electron chi connectivity index (χ1n) is 9.96. The summed E-state index contributed by atoms with van der Waals surface area (Å²) >= 11 is 0. The molecular formula is C28H24. The third kappa shape index (κ3) is 2.60. The van der Waals surface area contributed by atoms with Gasteiger partial charge in [-0.3, -0.25) is 0 Å². The van der Waals surface area contributed by atoms with Crippen molar-refractivity contribution in [2.45, 2.75) is 26.2 Å². The first-order valence-corrected chi connectivity index (χ1v) is 9.96. The Morgan fingerprint density at radius 3 is 1.68 bits per heavy atom. The lowest BCUT2D eigenvalue weighted by atomic mass is 9.81. The Kier molecular flexibility index (Phi) is 3.77. The molecule has 28 heavy (non-hydrogen) atoms. The standard InChI is InChI=1S/C28H24/c1-19-8-10-20(11-9-19)21-12-14-22(15-13-21)23-16-17-25-24-6-4-5-7-26(24)28(2,3)27(25)18-23/h4-18H,1-3H3. The van der Waals surface area contributed by atoms with Gasteiger partial charge in [-0.15, -0.1) is 0 Å². The van der Waals surface area contributed by atoms with E-state index in [0.29, 0.717) is 0 Å². The summed E-state index contributed by atoms with van der Waals surface area (Å²) in [5.74, 6) is 0. The van der Waals surface area contributed by atoms with E-state index in [1.807, 2.05) is 0 Å². The van der Waals surface area contributed by atoms with Gasteiger partial charge < -0.3 is 0 Å². The molecule has 0 N–H and O–H groups in total. The summed E-state index contributed by atoms with van der Waals surface area (Å²) in [5.41, 5.74) is 12.0. The second-order valence-corrected chi connectivity index (χ2v) is 8.37. The minimum Gasteiger partial charge on any atom is -0.0619 e. The van der Waals surface area contributed by atoms with Crippen molar-refractivity contribution in [1.82, 2.24) is 0 Å². The maximum atomic E-state index is 2.39. The maximum Gasteiger partial charge on any atom is 0.0159 e. The second kappa shape index (κ2) is 6.21. The van der Waals surface area contributed by atoms with Crippen LogP contribution < -0.4 is 0 Å². The van der Waals surface area contributed by atoms with E-state index in [9.17, 15) is 0 Å². The van der Waals surface area contributed by atoms with E-state index in [1.165, 1.54) is 50.1 Å². The normalized spacial score (nSPS) is 13.8. The molecule has 0 spiro atoms. The summed E-state index contributed by atoms with van der Waals surface area (Å²) in [4.78, 5) is 0. The highest BCUT2D eigenvalue weighted by Gasteiger charge is 2.35. The predicted molar refractivity (Wildman–Crippen MR) is 120 cm³/mol. The Labute approximate surface area is 167 Å². The summed E-state index contributed by atoms with van der Waals surface area (Å²) in [7, 11) is 0. The van der Waals surface area contributed by atoms with Crippen LogP contribution in [0.4, 0.5) is 0 Å². The van der Waals surface area contributed by atoms with Gasteiger partial charge in [0.2, 0.25) is 0 Å². The number of rotatable bonds is 2. The first-order chi connectivity index (χ1) is 13.5. The Hall–Kier alpha value is -3.12. The SMILES string of the molecule is Cc1ccc(-c2ccc(-c3ccc4c(c3)C(C)(C)c3ccccc3-4)cc2)cc1. The van der Waals surface area contributed by atoms with Crippen LogP contribution in [0.15, 0.2) is 91.0 Å². The molecule has 4 aromatic carbocycles. The largest absolute Gasteiger partial charge is 0.0619 e. The molecule has 4 aromatic rings. The van der Waals surface area contributed by atoms with Crippen LogP contribution in [0.5, 0.6) is 0 Å². The van der Waals surface area contributed by atoms with Crippen molar-refractivity contribution in [3.63, 3.8) is 0 Å². The molecule has 1 aliphatic rings. The zero-order chi connectivity index (χ0) is 19.3. The summed E-state index contributed by atoms with van der Waals surface area (Å²) in [6, 6.07) is 33.4. The summed E-state index contributed by atoms with van der Waals surface area (Å²) in [6.07, 6.45) is 0. The van der Waals surface area contributed by atoms with Crippen molar-refractivity contribution < 1.29 is 0 Å². The van der Waals surface area contributed by atoms with Gasteiger partial charge in [0.1, 0.15) is 0 Å². The molecule has 0 heterocycles. The van der Waals surface area contributed by atoms with Gasteiger partial charge in [0.15, 0.2) is 0 Å². The molecule has 0 unspecified atom stereocenters. The summed E-state index contributed by atoms with van der Waals surface area (Å²) < 4.78 is 0. The van der Waals surface area contributed by atoms with Crippen LogP contribution in [-0.2, 0) is 5.41 Å². The average Bonchev–Trinajstić information content (AvgIpc) is 2.96. The van der Waals surface area contributed by atoms with Crippen molar-refractivity contribution >= 4 is 0 Å². The zero-order valence-corrected chi connectivity index (χ0v) is 16.7. The number of fused-ring (bicyclic) bond motifs is 3. The zero-order valence-electron chi connectivity index (χ0n) is 16.7. The van der Waals surface area contributed by atoms with Gasteiger partial charge in [0.05, 0.1) is 0 Å². The molecule has 0 bridgehead atoms. The minimum absolute atomic E-state index is 0.0454. The van der Waals surface area contributed by atoms with Gasteiger partial charge in [-0.25, -0.2) is 0 Å². The molecule has 0 amide bonds. The van der Waals surface area contributed by atoms with Gasteiger partial charge in [-0.2, -0.15) is 0 Å². The fourth-order valence-electron chi connectivity index (χ4n) is 4.48. The van der Waals surface area contributed by atoms with Crippen LogP contribution >= 0.6 is 0 Å². The number of benzene rings is 4. The van der Waals surface area contributed by atoms with Gasteiger partial charge in [0, 0.05) is 5.41 Å². The third-order valence-corrected chi connectivity index (χ3v) is 6.19. The highest BCUT2D eigenvalue weighted by atomic mass is 14.4. The maximum absolute atomic E-state index is 2.39. The van der Waals surface area contributed by atoms with E-state index in [1.54, 1.807) is 0 Å². The highest BCUT2D eigenvalue weighted by molar-refractivity contribution is 5.83. The van der Waals surface area contributed by atoms with Crippen molar-refractivity contribution in [2.24, 2.45) is 0 Å². The summed E-state index contributed by atoms with van der Waals surface area (Å²) in [5, 5.41) is 0. The van der Waals surface area contributed by atoms with Gasteiger partial charge in [-0.05, 0) is 57.5 Å². The molecule has 5 rings (SSSR count). The van der Waals surface area contributed by atoms with Gasteiger partial charge in [-0.1, -0.05) is 104 Å². The van der Waals surface area contributed by atoms with E-state index in [0.717, 1.165) is 0 Å². The smallest absolute Gasteiger partial charge is 0.0159 e. The van der Waals surface area contributed by atoms with Crippen LogP contribution in [0.2, 0.25) is 0 Å². The Bertz CT molecular complexity index is 1160. The average molecular weight is 361 g/mol. The fourth-order valence-corrected chi connectivity index (χ4v) is 4.48.